The highest BCUT2D eigenvalue weighted by Gasteiger charge is 2.24. The number of ether oxygens (including phenoxy) is 1. The fourth-order valence-corrected chi connectivity index (χ4v) is 3.24. The van der Waals surface area contributed by atoms with Gasteiger partial charge >= 0.3 is 0 Å². The summed E-state index contributed by atoms with van der Waals surface area (Å²) in [7, 11) is 7.61. The fourth-order valence-electron chi connectivity index (χ4n) is 2.48. The molecule has 1 fully saturated rings. The van der Waals surface area contributed by atoms with Crippen LogP contribution in [0.15, 0.2) is 10.4 Å². The SMILES string of the molecule is CN=C(NCc1csc(N(C)C)n1)N1CCC(COC)C1. The molecule has 1 saturated heterocycles. The molecule has 1 aliphatic heterocycles. The second-order valence-corrected chi connectivity index (χ2v) is 6.31. The minimum atomic E-state index is 0.605. The quantitative estimate of drug-likeness (QED) is 0.655. The molecule has 21 heavy (non-hydrogen) atoms. The maximum atomic E-state index is 5.24. The van der Waals surface area contributed by atoms with Gasteiger partial charge in [0.15, 0.2) is 11.1 Å². The highest BCUT2D eigenvalue weighted by Crippen LogP contribution is 2.19. The Morgan fingerprint density at radius 1 is 1.62 bits per heavy atom. The molecule has 0 amide bonds. The minimum absolute atomic E-state index is 0.605. The number of nitrogens with one attached hydrogen (secondary N) is 1. The lowest BCUT2D eigenvalue weighted by atomic mass is 10.1. The zero-order valence-electron chi connectivity index (χ0n) is 13.3. The van der Waals surface area contributed by atoms with Gasteiger partial charge in [0.25, 0.3) is 0 Å². The molecule has 0 aliphatic carbocycles. The summed E-state index contributed by atoms with van der Waals surface area (Å²) >= 11 is 1.66. The highest BCUT2D eigenvalue weighted by molar-refractivity contribution is 7.13. The van der Waals surface area contributed by atoms with Crippen LogP contribution in [0.4, 0.5) is 5.13 Å². The first-order chi connectivity index (χ1) is 10.1. The van der Waals surface area contributed by atoms with Crippen molar-refractivity contribution in [2.45, 2.75) is 13.0 Å². The lowest BCUT2D eigenvalue weighted by molar-refractivity contribution is 0.157. The van der Waals surface area contributed by atoms with Crippen molar-refractivity contribution in [1.29, 1.82) is 0 Å². The van der Waals surface area contributed by atoms with Gasteiger partial charge in [-0.3, -0.25) is 4.99 Å². The van der Waals surface area contributed by atoms with Crippen LogP contribution in [-0.4, -0.2) is 63.8 Å². The normalized spacial score (nSPS) is 19.1. The van der Waals surface area contributed by atoms with Crippen molar-refractivity contribution in [1.82, 2.24) is 15.2 Å². The summed E-state index contributed by atoms with van der Waals surface area (Å²) in [5, 5.41) is 6.52. The number of methoxy groups -OCH3 is 1. The molecule has 1 aromatic heterocycles. The van der Waals surface area contributed by atoms with Crippen molar-refractivity contribution >= 4 is 22.4 Å². The number of likely N-dealkylation sites (tertiary alicyclic amines) is 1. The number of hydrogen-bond acceptors (Lipinski definition) is 5. The number of hydrogen-bond donors (Lipinski definition) is 1. The lowest BCUT2D eigenvalue weighted by Crippen LogP contribution is -2.39. The Morgan fingerprint density at radius 2 is 2.43 bits per heavy atom. The van der Waals surface area contributed by atoms with Gasteiger partial charge in [-0.15, -0.1) is 11.3 Å². The lowest BCUT2D eigenvalue weighted by Gasteiger charge is -2.21. The van der Waals surface area contributed by atoms with Crippen LogP contribution in [0.1, 0.15) is 12.1 Å². The molecule has 2 heterocycles. The zero-order chi connectivity index (χ0) is 15.2. The van der Waals surface area contributed by atoms with Gasteiger partial charge in [0, 0.05) is 52.6 Å². The Balaban J connectivity index is 1.85. The Bertz CT molecular complexity index is 474. The van der Waals surface area contributed by atoms with Crippen LogP contribution in [-0.2, 0) is 11.3 Å². The molecule has 118 valence electrons. The fraction of sp³-hybridized carbons (Fsp3) is 0.714. The van der Waals surface area contributed by atoms with E-state index in [4.69, 9.17) is 4.74 Å². The van der Waals surface area contributed by atoms with Crippen LogP contribution in [0.5, 0.6) is 0 Å². The van der Waals surface area contributed by atoms with Crippen LogP contribution < -0.4 is 10.2 Å². The van der Waals surface area contributed by atoms with Crippen LogP contribution in [0.25, 0.3) is 0 Å². The topological polar surface area (TPSA) is 53.0 Å². The molecule has 1 unspecified atom stereocenters. The number of aromatic nitrogens is 1. The third-order valence-corrected chi connectivity index (χ3v) is 4.61. The molecule has 6 nitrogen and oxygen atoms in total. The van der Waals surface area contributed by atoms with Gasteiger partial charge in [-0.2, -0.15) is 0 Å². The maximum Gasteiger partial charge on any atom is 0.193 e. The van der Waals surface area contributed by atoms with Crippen molar-refractivity contribution in [3.63, 3.8) is 0 Å². The summed E-state index contributed by atoms with van der Waals surface area (Å²) in [6.07, 6.45) is 1.16. The number of thiazole rings is 1. The van der Waals surface area contributed by atoms with E-state index in [1.807, 2.05) is 26.0 Å². The molecule has 1 aromatic rings. The van der Waals surface area contributed by atoms with Crippen LogP contribution in [0.3, 0.4) is 0 Å². The first-order valence-corrected chi connectivity index (χ1v) is 8.08. The van der Waals surface area contributed by atoms with E-state index in [0.717, 1.165) is 42.9 Å². The van der Waals surface area contributed by atoms with E-state index in [1.54, 1.807) is 18.4 Å². The number of rotatable bonds is 5. The second kappa shape index (κ2) is 7.61. The zero-order valence-corrected chi connectivity index (χ0v) is 14.1. The molecule has 1 aliphatic rings. The Labute approximate surface area is 130 Å². The first kappa shape index (κ1) is 16.0. The van der Waals surface area contributed by atoms with Crippen molar-refractivity contribution in [2.24, 2.45) is 10.9 Å². The van der Waals surface area contributed by atoms with Gasteiger partial charge in [-0.1, -0.05) is 0 Å². The first-order valence-electron chi connectivity index (χ1n) is 7.20. The van der Waals surface area contributed by atoms with E-state index in [-0.39, 0.29) is 0 Å². The van der Waals surface area contributed by atoms with Crippen LogP contribution in [0.2, 0.25) is 0 Å². The summed E-state index contributed by atoms with van der Waals surface area (Å²) in [4.78, 5) is 13.3. The summed E-state index contributed by atoms with van der Waals surface area (Å²) in [6.45, 7) is 3.58. The van der Waals surface area contributed by atoms with Gasteiger partial charge in [0.2, 0.25) is 0 Å². The third kappa shape index (κ3) is 4.31. The highest BCUT2D eigenvalue weighted by atomic mass is 32.1. The van der Waals surface area contributed by atoms with Crippen LogP contribution >= 0.6 is 11.3 Å². The van der Waals surface area contributed by atoms with Gasteiger partial charge < -0.3 is 19.9 Å². The van der Waals surface area contributed by atoms with Gasteiger partial charge in [0.1, 0.15) is 0 Å². The number of anilines is 1. The number of aliphatic imine (C=N–C) groups is 1. The smallest absolute Gasteiger partial charge is 0.193 e. The van der Waals surface area contributed by atoms with Crippen LogP contribution in [0, 0.1) is 5.92 Å². The molecule has 1 N–H and O–H groups in total. The standard InChI is InChI=1S/C14H25N5OS/c1-15-13(19-6-5-11(8-19)9-20-4)16-7-12-10-21-14(17-12)18(2)3/h10-11H,5-9H2,1-4H3,(H,15,16). The Hall–Kier alpha value is -1.34. The number of nitrogens with zero attached hydrogens (tertiary/aromatic N) is 4. The summed E-state index contributed by atoms with van der Waals surface area (Å²) in [5.41, 5.74) is 1.05. The summed E-state index contributed by atoms with van der Waals surface area (Å²) in [6, 6.07) is 0. The van der Waals surface area contributed by atoms with Gasteiger partial charge in [-0.25, -0.2) is 4.98 Å². The van der Waals surface area contributed by atoms with E-state index in [9.17, 15) is 0 Å². The molecule has 7 heteroatoms. The molecule has 0 saturated carbocycles. The molecule has 0 bridgehead atoms. The molecule has 0 radical (unpaired) electrons. The molecule has 2 rings (SSSR count). The Kier molecular flexibility index (Phi) is 5.81. The monoisotopic (exact) mass is 311 g/mol. The second-order valence-electron chi connectivity index (χ2n) is 5.47. The van der Waals surface area contributed by atoms with E-state index in [2.05, 4.69) is 25.6 Å². The predicted molar refractivity (Wildman–Crippen MR) is 88.2 cm³/mol. The van der Waals surface area contributed by atoms with Gasteiger partial charge in [0.05, 0.1) is 18.8 Å². The number of guanidine groups is 1. The predicted octanol–water partition coefficient (Wildman–Crippen LogP) is 1.25. The Morgan fingerprint density at radius 3 is 3.05 bits per heavy atom. The summed E-state index contributed by atoms with van der Waals surface area (Å²) < 4.78 is 5.24. The summed E-state index contributed by atoms with van der Waals surface area (Å²) in [5.74, 6) is 1.56. The molecule has 1 atom stereocenters. The van der Waals surface area contributed by atoms with Crippen molar-refractivity contribution in [3.05, 3.63) is 11.1 Å². The molecular weight excluding hydrogens is 286 g/mol. The molecule has 0 aromatic carbocycles. The van der Waals surface area contributed by atoms with E-state index in [0.29, 0.717) is 12.5 Å². The average Bonchev–Trinajstić information content (AvgIpc) is 3.09. The molecule has 0 spiro atoms. The van der Waals surface area contributed by atoms with E-state index in [1.165, 1.54) is 0 Å². The van der Waals surface area contributed by atoms with Crippen molar-refractivity contribution in [2.75, 3.05) is 52.8 Å². The van der Waals surface area contributed by atoms with E-state index < -0.39 is 0 Å². The molecular formula is C14H25N5OS. The maximum absolute atomic E-state index is 5.24. The van der Waals surface area contributed by atoms with E-state index >= 15 is 0 Å². The minimum Gasteiger partial charge on any atom is -0.384 e. The largest absolute Gasteiger partial charge is 0.384 e. The third-order valence-electron chi connectivity index (χ3n) is 3.55. The van der Waals surface area contributed by atoms with Gasteiger partial charge in [-0.05, 0) is 6.42 Å². The average molecular weight is 311 g/mol. The van der Waals surface area contributed by atoms with Crippen molar-refractivity contribution < 1.29 is 4.74 Å². The van der Waals surface area contributed by atoms with Crippen molar-refractivity contribution in [3.8, 4) is 0 Å².